The lowest BCUT2D eigenvalue weighted by Gasteiger charge is -2.30. The van der Waals surface area contributed by atoms with E-state index in [-0.39, 0.29) is 30.7 Å². The van der Waals surface area contributed by atoms with E-state index in [0.29, 0.717) is 24.0 Å². The average molecular weight is 461 g/mol. The molecule has 3 unspecified atom stereocenters. The minimum absolute atomic E-state index is 0.0168. The fourth-order valence-corrected chi connectivity index (χ4v) is 4.98. The van der Waals surface area contributed by atoms with Gasteiger partial charge in [-0.05, 0) is 59.9 Å². The maximum Gasteiger partial charge on any atom is 0.251 e. The fraction of sp³-hybridized carbons (Fsp3) is 0.296. The van der Waals surface area contributed by atoms with Gasteiger partial charge in [0, 0.05) is 12.0 Å². The largest absolute Gasteiger partial charge is 0.367 e. The third-order valence-corrected chi connectivity index (χ3v) is 6.83. The van der Waals surface area contributed by atoms with E-state index in [1.165, 1.54) is 12.1 Å². The van der Waals surface area contributed by atoms with Crippen LogP contribution in [0.2, 0.25) is 0 Å². The summed E-state index contributed by atoms with van der Waals surface area (Å²) in [6, 6.07) is 17.9. The second-order valence-corrected chi connectivity index (χ2v) is 8.99. The van der Waals surface area contributed by atoms with E-state index < -0.39 is 23.4 Å². The molecule has 3 aromatic carbocycles. The fourth-order valence-electron chi connectivity index (χ4n) is 4.98. The molecule has 2 amide bonds. The Balaban J connectivity index is 1.40. The molecule has 6 nitrogen and oxygen atoms in total. The SMILES string of the molecule is O=C(NC(Cc1ccc(F)cc1)C(=O)NC12CCCC1OCC2=O)c1ccc2ccccc2c1. The maximum absolute atomic E-state index is 13.4. The number of ketones is 1. The zero-order valence-corrected chi connectivity index (χ0v) is 18.6. The second kappa shape index (κ2) is 8.99. The molecule has 1 heterocycles. The first kappa shape index (κ1) is 22.2. The predicted octanol–water partition coefficient (Wildman–Crippen LogP) is 3.33. The van der Waals surface area contributed by atoms with Gasteiger partial charge in [0.2, 0.25) is 5.91 Å². The first-order chi connectivity index (χ1) is 16.4. The summed E-state index contributed by atoms with van der Waals surface area (Å²) in [5.74, 6) is -1.37. The molecule has 2 fully saturated rings. The summed E-state index contributed by atoms with van der Waals surface area (Å²) in [6.45, 7) is -0.0168. The van der Waals surface area contributed by atoms with Gasteiger partial charge in [-0.1, -0.05) is 42.5 Å². The van der Waals surface area contributed by atoms with E-state index in [0.717, 1.165) is 17.2 Å². The molecule has 3 atom stereocenters. The number of carbonyl (C=O) groups excluding carboxylic acids is 3. The third-order valence-electron chi connectivity index (χ3n) is 6.83. The van der Waals surface area contributed by atoms with Gasteiger partial charge >= 0.3 is 0 Å². The van der Waals surface area contributed by atoms with Gasteiger partial charge in [0.05, 0.1) is 6.10 Å². The van der Waals surface area contributed by atoms with Crippen molar-refractivity contribution in [3.63, 3.8) is 0 Å². The van der Waals surface area contributed by atoms with E-state index in [1.54, 1.807) is 24.3 Å². The summed E-state index contributed by atoms with van der Waals surface area (Å²) in [5.41, 5.74) is 0.0776. The van der Waals surface area contributed by atoms with Gasteiger partial charge < -0.3 is 15.4 Å². The van der Waals surface area contributed by atoms with Gasteiger partial charge in [-0.2, -0.15) is 0 Å². The van der Waals surface area contributed by atoms with Gasteiger partial charge in [0.15, 0.2) is 5.78 Å². The lowest BCUT2D eigenvalue weighted by Crippen LogP contribution is -2.60. The van der Waals surface area contributed by atoms with Gasteiger partial charge in [0.1, 0.15) is 24.0 Å². The highest BCUT2D eigenvalue weighted by atomic mass is 19.1. The molecule has 0 aromatic heterocycles. The first-order valence-electron chi connectivity index (χ1n) is 11.5. The topological polar surface area (TPSA) is 84.5 Å². The minimum atomic E-state index is -1.04. The molecule has 2 aliphatic rings. The summed E-state index contributed by atoms with van der Waals surface area (Å²) in [7, 11) is 0. The number of amides is 2. The molecule has 34 heavy (non-hydrogen) atoms. The second-order valence-electron chi connectivity index (χ2n) is 8.99. The predicted molar refractivity (Wildman–Crippen MR) is 125 cm³/mol. The van der Waals surface area contributed by atoms with E-state index >= 15 is 0 Å². The van der Waals surface area contributed by atoms with Crippen molar-refractivity contribution >= 4 is 28.4 Å². The number of benzene rings is 3. The Morgan fingerprint density at radius 3 is 2.62 bits per heavy atom. The summed E-state index contributed by atoms with van der Waals surface area (Å²) < 4.78 is 19.0. The van der Waals surface area contributed by atoms with Gasteiger partial charge in [0.25, 0.3) is 5.91 Å². The molecular weight excluding hydrogens is 435 g/mol. The molecule has 7 heteroatoms. The average Bonchev–Trinajstić information content (AvgIpc) is 3.38. The molecule has 1 aliphatic carbocycles. The minimum Gasteiger partial charge on any atom is -0.367 e. The monoisotopic (exact) mass is 460 g/mol. The van der Waals surface area contributed by atoms with E-state index in [9.17, 15) is 18.8 Å². The number of rotatable bonds is 6. The smallest absolute Gasteiger partial charge is 0.251 e. The number of hydrogen-bond acceptors (Lipinski definition) is 4. The highest BCUT2D eigenvalue weighted by Gasteiger charge is 2.55. The van der Waals surface area contributed by atoms with Crippen LogP contribution in [0.3, 0.4) is 0 Å². The zero-order chi connectivity index (χ0) is 23.7. The summed E-state index contributed by atoms with van der Waals surface area (Å²) in [5, 5.41) is 7.67. The van der Waals surface area contributed by atoms with Crippen LogP contribution in [-0.2, 0) is 20.7 Å². The molecule has 1 saturated carbocycles. The molecule has 0 spiro atoms. The molecule has 1 saturated heterocycles. The number of ether oxygens (including phenoxy) is 1. The quantitative estimate of drug-likeness (QED) is 0.591. The van der Waals surface area contributed by atoms with Gasteiger partial charge in [-0.25, -0.2) is 4.39 Å². The summed E-state index contributed by atoms with van der Waals surface area (Å²) in [6.07, 6.45) is 1.82. The van der Waals surface area contributed by atoms with Gasteiger partial charge in [-0.15, -0.1) is 0 Å². The Labute approximate surface area is 196 Å². The van der Waals surface area contributed by atoms with E-state index in [2.05, 4.69) is 10.6 Å². The third kappa shape index (κ3) is 4.19. The van der Waals surface area contributed by atoms with Crippen LogP contribution < -0.4 is 10.6 Å². The van der Waals surface area contributed by atoms with Gasteiger partial charge in [-0.3, -0.25) is 14.4 Å². The molecule has 5 rings (SSSR count). The Kier molecular flexibility index (Phi) is 5.87. The number of carbonyl (C=O) groups is 3. The molecule has 2 N–H and O–H groups in total. The van der Waals surface area contributed by atoms with Crippen LogP contribution in [0.1, 0.15) is 35.2 Å². The molecular formula is C27H25FN2O4. The number of fused-ring (bicyclic) bond motifs is 2. The Morgan fingerprint density at radius 2 is 1.82 bits per heavy atom. The first-order valence-corrected chi connectivity index (χ1v) is 11.5. The highest BCUT2D eigenvalue weighted by molar-refractivity contribution is 6.02. The number of halogens is 1. The molecule has 1 aliphatic heterocycles. The van der Waals surface area contributed by atoms with E-state index in [1.807, 2.05) is 30.3 Å². The van der Waals surface area contributed by atoms with E-state index in [4.69, 9.17) is 4.74 Å². The standard InChI is InChI=1S/C27H25FN2O4/c28-21-11-7-17(8-12-21)14-22(26(33)30-27-13-3-6-24(27)34-16-23(27)31)29-25(32)20-10-9-18-4-1-2-5-19(18)15-20/h1-2,4-5,7-12,15,22,24H,3,6,13-14,16H2,(H,29,32)(H,30,33). The lowest BCUT2D eigenvalue weighted by atomic mass is 9.91. The highest BCUT2D eigenvalue weighted by Crippen LogP contribution is 2.37. The molecule has 3 aromatic rings. The molecule has 0 bridgehead atoms. The van der Waals surface area contributed by atoms with Crippen LogP contribution >= 0.6 is 0 Å². The van der Waals surface area contributed by atoms with Crippen molar-refractivity contribution in [3.8, 4) is 0 Å². The Hall–Kier alpha value is -3.58. The van der Waals surface area contributed by atoms with Crippen molar-refractivity contribution in [3.05, 3.63) is 83.7 Å². The summed E-state index contributed by atoms with van der Waals surface area (Å²) >= 11 is 0. The van der Waals surface area contributed by atoms with Crippen LogP contribution in [0, 0.1) is 5.82 Å². The Bertz CT molecular complexity index is 1260. The van der Waals surface area contributed by atoms with Crippen molar-refractivity contribution < 1.29 is 23.5 Å². The van der Waals surface area contributed by atoms with Crippen molar-refractivity contribution in [1.29, 1.82) is 0 Å². The Morgan fingerprint density at radius 1 is 1.06 bits per heavy atom. The number of hydrogen-bond donors (Lipinski definition) is 2. The maximum atomic E-state index is 13.4. The van der Waals surface area contributed by atoms with Crippen LogP contribution in [0.25, 0.3) is 10.8 Å². The van der Waals surface area contributed by atoms with Crippen LogP contribution in [0.4, 0.5) is 4.39 Å². The van der Waals surface area contributed by atoms with Crippen molar-refractivity contribution in [2.75, 3.05) is 6.61 Å². The van der Waals surface area contributed by atoms with Crippen molar-refractivity contribution in [1.82, 2.24) is 10.6 Å². The van der Waals surface area contributed by atoms with Crippen LogP contribution in [-0.4, -0.2) is 41.9 Å². The lowest BCUT2D eigenvalue weighted by molar-refractivity contribution is -0.131. The number of nitrogens with one attached hydrogen (secondary N) is 2. The van der Waals surface area contributed by atoms with Crippen molar-refractivity contribution in [2.24, 2.45) is 0 Å². The summed E-state index contributed by atoms with van der Waals surface area (Å²) in [4.78, 5) is 39.2. The number of Topliss-reactive ketones (excluding diaryl/α,β-unsaturated/α-hetero) is 1. The normalized spacial score (nSPS) is 22.4. The zero-order valence-electron chi connectivity index (χ0n) is 18.6. The van der Waals surface area contributed by atoms with Crippen LogP contribution in [0.5, 0.6) is 0 Å². The molecule has 174 valence electrons. The van der Waals surface area contributed by atoms with Crippen molar-refractivity contribution in [2.45, 2.75) is 43.4 Å². The van der Waals surface area contributed by atoms with Crippen LogP contribution in [0.15, 0.2) is 66.7 Å². The molecule has 0 radical (unpaired) electrons.